The number of nitrogens with zero attached hydrogens (tertiary/aromatic N) is 2. The molecule has 6 heteroatoms. The molecule has 17 heavy (non-hydrogen) atoms. The number of amides is 1. The number of nitrogens with one attached hydrogen (secondary N) is 1. The van der Waals surface area contributed by atoms with Gasteiger partial charge in [-0.2, -0.15) is 0 Å². The number of carbonyl (C=O) groups is 1. The van der Waals surface area contributed by atoms with Crippen molar-refractivity contribution in [3.63, 3.8) is 0 Å². The van der Waals surface area contributed by atoms with Crippen LogP contribution in [0.25, 0.3) is 0 Å². The van der Waals surface area contributed by atoms with E-state index in [0.29, 0.717) is 18.0 Å². The van der Waals surface area contributed by atoms with Crippen molar-refractivity contribution in [3.8, 4) is 0 Å². The normalized spacial score (nSPS) is 24.0. The van der Waals surface area contributed by atoms with Gasteiger partial charge in [-0.05, 0) is 13.8 Å². The Morgan fingerprint density at radius 3 is 2.71 bits per heavy atom. The van der Waals surface area contributed by atoms with Gasteiger partial charge in [0.05, 0.1) is 22.8 Å². The van der Waals surface area contributed by atoms with E-state index in [4.69, 9.17) is 0 Å². The van der Waals surface area contributed by atoms with E-state index < -0.39 is 6.10 Å². The summed E-state index contributed by atoms with van der Waals surface area (Å²) < 4.78 is 0. The second-order valence-electron chi connectivity index (χ2n) is 4.36. The van der Waals surface area contributed by atoms with Crippen LogP contribution in [0.3, 0.4) is 0 Å². The van der Waals surface area contributed by atoms with Crippen molar-refractivity contribution < 1.29 is 9.90 Å². The van der Waals surface area contributed by atoms with Crippen LogP contribution in [0.2, 0.25) is 0 Å². The molecule has 1 aromatic rings. The third-order valence-corrected chi connectivity index (χ3v) is 4.13. The molecule has 2 rings (SSSR count). The van der Waals surface area contributed by atoms with Gasteiger partial charge in [0.15, 0.2) is 0 Å². The van der Waals surface area contributed by atoms with Gasteiger partial charge in [-0.25, -0.2) is 4.98 Å². The molecular weight excluding hydrogens is 238 g/mol. The summed E-state index contributed by atoms with van der Waals surface area (Å²) in [6.45, 7) is 4.91. The lowest BCUT2D eigenvalue weighted by atomic mass is 10.2. The Balaban J connectivity index is 2.17. The van der Waals surface area contributed by atoms with Gasteiger partial charge in [0.2, 0.25) is 0 Å². The Hall–Kier alpha value is -0.980. The van der Waals surface area contributed by atoms with Crippen LogP contribution in [0.1, 0.15) is 20.4 Å². The molecule has 0 spiro atoms. The lowest BCUT2D eigenvalue weighted by molar-refractivity contribution is 0.0585. The number of aryl methyl sites for hydroxylation is 2. The minimum atomic E-state index is -0.488. The van der Waals surface area contributed by atoms with E-state index in [2.05, 4.69) is 10.3 Å². The summed E-state index contributed by atoms with van der Waals surface area (Å²) in [6.07, 6.45) is -0.488. The molecule has 0 saturated carbocycles. The van der Waals surface area contributed by atoms with E-state index in [9.17, 15) is 9.90 Å². The van der Waals surface area contributed by atoms with Crippen molar-refractivity contribution >= 4 is 17.2 Å². The SMILES string of the molecule is Cc1nc(C)c(C(=O)N(C)[C@H]2CNC[C@@H]2O)s1. The van der Waals surface area contributed by atoms with E-state index in [-0.39, 0.29) is 11.9 Å². The smallest absolute Gasteiger partial charge is 0.265 e. The van der Waals surface area contributed by atoms with Gasteiger partial charge in [-0.3, -0.25) is 4.79 Å². The molecule has 5 nitrogen and oxygen atoms in total. The van der Waals surface area contributed by atoms with Gasteiger partial charge < -0.3 is 15.3 Å². The lowest BCUT2D eigenvalue weighted by Crippen LogP contribution is -2.44. The third kappa shape index (κ3) is 2.34. The van der Waals surface area contributed by atoms with Crippen molar-refractivity contribution in [3.05, 3.63) is 15.6 Å². The number of hydrogen-bond donors (Lipinski definition) is 2. The van der Waals surface area contributed by atoms with E-state index in [1.54, 1.807) is 11.9 Å². The number of aromatic nitrogens is 1. The third-order valence-electron chi connectivity index (χ3n) is 3.07. The van der Waals surface area contributed by atoms with Gasteiger partial charge in [0, 0.05) is 20.1 Å². The minimum absolute atomic E-state index is 0.0548. The average Bonchev–Trinajstić information content (AvgIpc) is 2.82. The standard InChI is InChI=1S/C11H17N3O2S/c1-6-10(17-7(2)13-6)11(16)14(3)8-4-12-5-9(8)15/h8-9,12,15H,4-5H2,1-3H3/t8-,9-/m0/s1. The van der Waals surface area contributed by atoms with Crippen molar-refractivity contribution in [1.29, 1.82) is 0 Å². The number of aliphatic hydroxyl groups is 1. The summed E-state index contributed by atoms with van der Waals surface area (Å²) >= 11 is 1.41. The Kier molecular flexibility index (Phi) is 3.46. The van der Waals surface area contributed by atoms with Crippen molar-refractivity contribution in [2.45, 2.75) is 26.0 Å². The zero-order valence-corrected chi connectivity index (χ0v) is 11.0. The van der Waals surface area contributed by atoms with E-state index in [1.165, 1.54) is 11.3 Å². The monoisotopic (exact) mass is 255 g/mol. The fourth-order valence-electron chi connectivity index (χ4n) is 2.09. The lowest BCUT2D eigenvalue weighted by Gasteiger charge is -2.26. The predicted octanol–water partition coefficient (Wildman–Crippen LogP) is 0.165. The summed E-state index contributed by atoms with van der Waals surface area (Å²) in [5.41, 5.74) is 0.768. The van der Waals surface area contributed by atoms with Gasteiger partial charge in [0.25, 0.3) is 5.91 Å². The second-order valence-corrected chi connectivity index (χ2v) is 5.56. The minimum Gasteiger partial charge on any atom is -0.390 e. The number of aliphatic hydroxyl groups excluding tert-OH is 1. The summed E-state index contributed by atoms with van der Waals surface area (Å²) in [4.78, 5) is 18.8. The van der Waals surface area contributed by atoms with Gasteiger partial charge in [0.1, 0.15) is 4.88 Å². The largest absolute Gasteiger partial charge is 0.390 e. The maximum atomic E-state index is 12.3. The molecule has 0 radical (unpaired) electrons. The highest BCUT2D eigenvalue weighted by Gasteiger charge is 2.32. The number of β-amino-alcohol motifs (C(OH)–C–C–N with tert-alkyl or cyclic N) is 1. The number of likely N-dealkylation sites (N-methyl/N-ethyl adjacent to an activating group) is 1. The highest BCUT2D eigenvalue weighted by molar-refractivity contribution is 7.13. The van der Waals surface area contributed by atoms with Crippen LogP contribution in [0.5, 0.6) is 0 Å². The molecule has 0 unspecified atom stereocenters. The van der Waals surface area contributed by atoms with Gasteiger partial charge in [-0.15, -0.1) is 11.3 Å². The maximum Gasteiger partial charge on any atom is 0.265 e. The van der Waals surface area contributed by atoms with Gasteiger partial charge >= 0.3 is 0 Å². The first-order valence-corrected chi connectivity index (χ1v) is 6.42. The van der Waals surface area contributed by atoms with Crippen molar-refractivity contribution in [2.24, 2.45) is 0 Å². The molecule has 1 saturated heterocycles. The molecule has 0 bridgehead atoms. The number of hydrogen-bond acceptors (Lipinski definition) is 5. The first-order chi connectivity index (χ1) is 8.00. The molecule has 1 aromatic heterocycles. The molecule has 0 aromatic carbocycles. The summed E-state index contributed by atoms with van der Waals surface area (Å²) in [5, 5.41) is 13.7. The number of carbonyl (C=O) groups excluding carboxylic acids is 1. The van der Waals surface area contributed by atoms with E-state index in [1.807, 2.05) is 13.8 Å². The van der Waals surface area contributed by atoms with E-state index in [0.717, 1.165) is 10.7 Å². The molecule has 94 valence electrons. The highest BCUT2D eigenvalue weighted by atomic mass is 32.1. The molecule has 2 atom stereocenters. The van der Waals surface area contributed by atoms with Gasteiger partial charge in [-0.1, -0.05) is 0 Å². The zero-order chi connectivity index (χ0) is 12.6. The van der Waals surface area contributed by atoms with Crippen LogP contribution < -0.4 is 5.32 Å². The van der Waals surface area contributed by atoms with Crippen LogP contribution >= 0.6 is 11.3 Å². The summed E-state index contributed by atoms with van der Waals surface area (Å²) in [7, 11) is 1.73. The first-order valence-electron chi connectivity index (χ1n) is 5.60. The van der Waals surface area contributed by atoms with E-state index >= 15 is 0 Å². The Morgan fingerprint density at radius 2 is 2.24 bits per heavy atom. The number of rotatable bonds is 2. The fourth-order valence-corrected chi connectivity index (χ4v) is 2.99. The quantitative estimate of drug-likeness (QED) is 0.790. The predicted molar refractivity (Wildman–Crippen MR) is 66.3 cm³/mol. The molecule has 1 amide bonds. The van der Waals surface area contributed by atoms with Crippen molar-refractivity contribution in [1.82, 2.24) is 15.2 Å². The number of thiazole rings is 1. The second kappa shape index (κ2) is 4.72. The highest BCUT2D eigenvalue weighted by Crippen LogP contribution is 2.20. The van der Waals surface area contributed by atoms with Crippen molar-refractivity contribution in [2.75, 3.05) is 20.1 Å². The maximum absolute atomic E-state index is 12.3. The molecule has 0 aliphatic carbocycles. The molecule has 1 aliphatic heterocycles. The van der Waals surface area contributed by atoms with Crippen LogP contribution in [0.15, 0.2) is 0 Å². The molecule has 1 aliphatic rings. The van der Waals surface area contributed by atoms with Crippen LogP contribution in [-0.4, -0.2) is 53.2 Å². The Labute approximate surface area is 104 Å². The molecular formula is C11H17N3O2S. The summed E-state index contributed by atoms with van der Waals surface area (Å²) in [5.74, 6) is -0.0548. The topological polar surface area (TPSA) is 65.5 Å². The Bertz CT molecular complexity index is 432. The average molecular weight is 255 g/mol. The van der Waals surface area contributed by atoms with Crippen LogP contribution in [-0.2, 0) is 0 Å². The molecule has 2 heterocycles. The fraction of sp³-hybridized carbons (Fsp3) is 0.636. The van der Waals surface area contributed by atoms with Crippen LogP contribution in [0.4, 0.5) is 0 Å². The first kappa shape index (κ1) is 12.5. The zero-order valence-electron chi connectivity index (χ0n) is 10.2. The molecule has 2 N–H and O–H groups in total. The molecule has 1 fully saturated rings. The Morgan fingerprint density at radius 1 is 1.53 bits per heavy atom. The summed E-state index contributed by atoms with van der Waals surface area (Å²) in [6, 6.07) is -0.149. The van der Waals surface area contributed by atoms with Crippen LogP contribution in [0, 0.1) is 13.8 Å².